The van der Waals surface area contributed by atoms with Gasteiger partial charge in [0.2, 0.25) is 0 Å². The Morgan fingerprint density at radius 2 is 1.71 bits per heavy atom. The minimum atomic E-state index is 0.135. The molecule has 0 heterocycles. The highest BCUT2D eigenvalue weighted by molar-refractivity contribution is 7.65. The van der Waals surface area contributed by atoms with Gasteiger partial charge >= 0.3 is 0 Å². The van der Waals surface area contributed by atoms with Crippen LogP contribution in [0.3, 0.4) is 0 Å². The van der Waals surface area contributed by atoms with E-state index < -0.39 is 0 Å². The highest BCUT2D eigenvalue weighted by atomic mass is 31.1. The first-order chi connectivity index (χ1) is 6.88. The van der Waals surface area contributed by atoms with Crippen LogP contribution in [0.15, 0.2) is 30.3 Å². The molecule has 0 aliphatic rings. The average Bonchev–Trinajstić information content (AvgIpc) is 2.26. The zero-order chi connectivity index (χ0) is 10.2. The first-order valence-corrected chi connectivity index (χ1v) is 7.39. The first-order valence-electron chi connectivity index (χ1n) is 5.68. The second-order valence-corrected chi connectivity index (χ2v) is 6.30. The molecule has 0 aliphatic heterocycles. The predicted octanol–water partition coefficient (Wildman–Crippen LogP) is 4.00. The van der Waals surface area contributed by atoms with Crippen LogP contribution < -0.4 is 5.30 Å². The van der Waals surface area contributed by atoms with Crippen LogP contribution in [0.2, 0.25) is 0 Å². The molecule has 0 fully saturated rings. The molecule has 0 spiro atoms. The Kier molecular flexibility index (Phi) is 5.87. The lowest BCUT2D eigenvalue weighted by Crippen LogP contribution is -2.04. The first kappa shape index (κ1) is 11.7. The third-order valence-electron chi connectivity index (χ3n) is 2.53. The van der Waals surface area contributed by atoms with Crippen molar-refractivity contribution in [2.75, 3.05) is 12.3 Å². The Hall–Kier alpha value is -0.350. The van der Waals surface area contributed by atoms with Crippen molar-refractivity contribution in [2.24, 2.45) is 0 Å². The van der Waals surface area contributed by atoms with Gasteiger partial charge in [-0.15, -0.1) is 0 Å². The molecule has 14 heavy (non-hydrogen) atoms. The van der Waals surface area contributed by atoms with Crippen molar-refractivity contribution in [3.63, 3.8) is 0 Å². The van der Waals surface area contributed by atoms with Crippen molar-refractivity contribution in [3.8, 4) is 0 Å². The van der Waals surface area contributed by atoms with Gasteiger partial charge in [-0.25, -0.2) is 0 Å². The second-order valence-electron chi connectivity index (χ2n) is 3.62. The molecule has 1 atom stereocenters. The van der Waals surface area contributed by atoms with Gasteiger partial charge in [-0.05, 0) is 24.0 Å². The number of benzene rings is 1. The summed E-state index contributed by atoms with van der Waals surface area (Å²) in [4.78, 5) is 0. The number of hydrogen-bond acceptors (Lipinski definition) is 0. The fourth-order valence-electron chi connectivity index (χ4n) is 1.66. The Balaban J connectivity index is 2.46. The van der Waals surface area contributed by atoms with Crippen LogP contribution in [0.4, 0.5) is 0 Å². The molecular weight excluding hydrogens is 187 g/mol. The monoisotopic (exact) mass is 208 g/mol. The quantitative estimate of drug-likeness (QED) is 0.489. The molecule has 1 aromatic carbocycles. The minimum absolute atomic E-state index is 0.135. The van der Waals surface area contributed by atoms with E-state index in [1.807, 2.05) is 0 Å². The fraction of sp³-hybridized carbons (Fsp3) is 0.538. The van der Waals surface area contributed by atoms with Crippen molar-refractivity contribution in [3.05, 3.63) is 30.3 Å². The van der Waals surface area contributed by atoms with Crippen LogP contribution >= 0.6 is 7.92 Å². The van der Waals surface area contributed by atoms with Crippen LogP contribution in [0.25, 0.3) is 0 Å². The van der Waals surface area contributed by atoms with Crippen molar-refractivity contribution in [1.29, 1.82) is 0 Å². The van der Waals surface area contributed by atoms with Gasteiger partial charge in [-0.1, -0.05) is 64.9 Å². The van der Waals surface area contributed by atoms with Crippen LogP contribution in [0.5, 0.6) is 0 Å². The van der Waals surface area contributed by atoms with E-state index >= 15 is 0 Å². The van der Waals surface area contributed by atoms with E-state index in [1.54, 1.807) is 5.30 Å². The van der Waals surface area contributed by atoms with Crippen molar-refractivity contribution >= 4 is 13.2 Å². The molecule has 0 nitrogen and oxygen atoms in total. The van der Waals surface area contributed by atoms with Crippen molar-refractivity contribution in [2.45, 2.75) is 33.1 Å². The zero-order valence-corrected chi connectivity index (χ0v) is 10.3. The molecule has 1 rings (SSSR count). The molecule has 78 valence electrons. The van der Waals surface area contributed by atoms with Gasteiger partial charge in [0.15, 0.2) is 0 Å². The lowest BCUT2D eigenvalue weighted by molar-refractivity contribution is 0.776. The molecule has 0 bridgehead atoms. The summed E-state index contributed by atoms with van der Waals surface area (Å²) < 4.78 is 0. The molecule has 0 N–H and O–H groups in total. The van der Waals surface area contributed by atoms with Crippen molar-refractivity contribution < 1.29 is 0 Å². The fourth-order valence-corrected chi connectivity index (χ4v) is 3.80. The third kappa shape index (κ3) is 3.80. The van der Waals surface area contributed by atoms with E-state index in [4.69, 9.17) is 0 Å². The Bertz CT molecular complexity index is 230. The summed E-state index contributed by atoms with van der Waals surface area (Å²) in [5, 5.41) is 1.58. The molecule has 1 unspecified atom stereocenters. The van der Waals surface area contributed by atoms with Gasteiger partial charge in [0, 0.05) is 0 Å². The van der Waals surface area contributed by atoms with E-state index in [0.717, 1.165) is 0 Å². The Labute approximate surface area is 89.5 Å². The lowest BCUT2D eigenvalue weighted by Gasteiger charge is -2.15. The van der Waals surface area contributed by atoms with E-state index in [2.05, 4.69) is 44.2 Å². The average molecular weight is 208 g/mol. The summed E-state index contributed by atoms with van der Waals surface area (Å²) in [6.07, 6.45) is 6.89. The third-order valence-corrected chi connectivity index (χ3v) is 5.18. The van der Waals surface area contributed by atoms with Crippen LogP contribution in [-0.2, 0) is 0 Å². The maximum atomic E-state index is 2.32. The molecular formula is C13H21P. The lowest BCUT2D eigenvalue weighted by atomic mass is 10.3. The molecule has 0 saturated heterocycles. The summed E-state index contributed by atoms with van der Waals surface area (Å²) >= 11 is 0. The molecule has 1 heteroatoms. The zero-order valence-electron chi connectivity index (χ0n) is 9.37. The Morgan fingerprint density at radius 3 is 2.29 bits per heavy atom. The van der Waals surface area contributed by atoms with Gasteiger partial charge in [0.05, 0.1) is 0 Å². The SMILES string of the molecule is CCCCCP(CC)c1ccccc1. The summed E-state index contributed by atoms with van der Waals surface area (Å²) in [6.45, 7) is 4.60. The van der Waals surface area contributed by atoms with E-state index in [-0.39, 0.29) is 7.92 Å². The topological polar surface area (TPSA) is 0 Å². The molecule has 0 aromatic heterocycles. The van der Waals surface area contributed by atoms with Crippen LogP contribution in [0, 0.1) is 0 Å². The highest BCUT2D eigenvalue weighted by Crippen LogP contribution is 2.34. The van der Waals surface area contributed by atoms with E-state index in [9.17, 15) is 0 Å². The predicted molar refractivity (Wildman–Crippen MR) is 67.9 cm³/mol. The summed E-state index contributed by atoms with van der Waals surface area (Å²) in [6, 6.07) is 11.0. The summed E-state index contributed by atoms with van der Waals surface area (Å²) in [7, 11) is 0.135. The summed E-state index contributed by atoms with van der Waals surface area (Å²) in [5.41, 5.74) is 0. The van der Waals surface area contributed by atoms with E-state index in [0.29, 0.717) is 0 Å². The molecule has 1 aromatic rings. The molecule has 0 amide bonds. The minimum Gasteiger partial charge on any atom is -0.0756 e. The Morgan fingerprint density at radius 1 is 1.00 bits per heavy atom. The molecule has 0 radical (unpaired) electrons. The molecule has 0 saturated carbocycles. The maximum absolute atomic E-state index is 2.32. The highest BCUT2D eigenvalue weighted by Gasteiger charge is 2.06. The number of hydrogen-bond donors (Lipinski definition) is 0. The van der Waals surface area contributed by atoms with Gasteiger partial charge in [-0.3, -0.25) is 0 Å². The summed E-state index contributed by atoms with van der Waals surface area (Å²) in [5.74, 6) is 0. The normalized spacial score (nSPS) is 12.7. The standard InChI is InChI=1S/C13H21P/c1-3-5-9-12-14(4-2)13-10-7-6-8-11-13/h6-8,10-11H,3-5,9,12H2,1-2H3. The largest absolute Gasteiger partial charge is 0.0756 e. The maximum Gasteiger partial charge on any atom is -0.0240 e. The van der Waals surface area contributed by atoms with Crippen LogP contribution in [0.1, 0.15) is 33.1 Å². The van der Waals surface area contributed by atoms with Gasteiger partial charge in [0.25, 0.3) is 0 Å². The number of rotatable bonds is 6. The molecule has 0 aliphatic carbocycles. The number of unbranched alkanes of at least 4 members (excludes halogenated alkanes) is 2. The van der Waals surface area contributed by atoms with Crippen molar-refractivity contribution in [1.82, 2.24) is 0 Å². The van der Waals surface area contributed by atoms with Gasteiger partial charge < -0.3 is 0 Å². The van der Waals surface area contributed by atoms with Crippen LogP contribution in [-0.4, -0.2) is 12.3 Å². The van der Waals surface area contributed by atoms with E-state index in [1.165, 1.54) is 31.6 Å². The van der Waals surface area contributed by atoms with Gasteiger partial charge in [-0.2, -0.15) is 0 Å². The van der Waals surface area contributed by atoms with Gasteiger partial charge in [0.1, 0.15) is 0 Å². The second kappa shape index (κ2) is 7.01. The smallest absolute Gasteiger partial charge is 0.0240 e.